The number of oxime groups is 1. The number of hydrogen-bond acceptors (Lipinski definition) is 7. The second kappa shape index (κ2) is 10.8. The van der Waals surface area contributed by atoms with Crippen molar-refractivity contribution in [2.24, 2.45) is 5.16 Å². The number of rotatable bonds is 8. The summed E-state index contributed by atoms with van der Waals surface area (Å²) in [7, 11) is -1.97. The van der Waals surface area contributed by atoms with Crippen LogP contribution in [0.5, 0.6) is 0 Å². The fourth-order valence-corrected chi connectivity index (χ4v) is 5.51. The molecule has 1 unspecified atom stereocenters. The van der Waals surface area contributed by atoms with Crippen LogP contribution in [-0.2, 0) is 20.5 Å². The van der Waals surface area contributed by atoms with Crippen LogP contribution in [0.4, 0.5) is 14.9 Å². The minimum atomic E-state index is -1.97. The van der Waals surface area contributed by atoms with Gasteiger partial charge in [0.25, 0.3) is 0 Å². The van der Waals surface area contributed by atoms with Gasteiger partial charge in [-0.05, 0) is 54.4 Å². The molecule has 0 N–H and O–H groups in total. The van der Waals surface area contributed by atoms with Gasteiger partial charge < -0.3 is 14.0 Å². The average Bonchev–Trinajstić information content (AvgIpc) is 3.63. The topological polar surface area (TPSA) is 91.1 Å². The van der Waals surface area contributed by atoms with Gasteiger partial charge in [-0.15, -0.1) is 5.10 Å². The molecular weight excluding hydrogens is 529 g/mol. The van der Waals surface area contributed by atoms with Crippen molar-refractivity contribution in [3.63, 3.8) is 0 Å². The monoisotopic (exact) mass is 565 g/mol. The first kappa shape index (κ1) is 28.0. The lowest BCUT2D eigenvalue weighted by atomic mass is 9.99. The molecular formula is C29H36FN5O4Si. The van der Waals surface area contributed by atoms with Crippen LogP contribution in [0.3, 0.4) is 0 Å². The summed E-state index contributed by atoms with van der Waals surface area (Å²) in [6, 6.07) is 12.4. The zero-order chi connectivity index (χ0) is 28.7. The number of cyclic esters (lactones) is 1. The first-order valence-corrected chi connectivity index (χ1v) is 16.4. The van der Waals surface area contributed by atoms with Crippen LogP contribution < -0.4 is 4.90 Å². The Hall–Kier alpha value is -3.57. The van der Waals surface area contributed by atoms with Crippen molar-refractivity contribution < 1.29 is 23.2 Å². The zero-order valence-electron chi connectivity index (χ0n) is 23.8. The summed E-state index contributed by atoms with van der Waals surface area (Å²) in [5.41, 5.74) is 4.25. The molecule has 212 valence electrons. The summed E-state index contributed by atoms with van der Waals surface area (Å²) in [6.07, 6.45) is 1.52. The minimum absolute atomic E-state index is 0.0606. The fraction of sp³-hybridized carbons (Fsp3) is 0.448. The van der Waals surface area contributed by atoms with Gasteiger partial charge in [0.2, 0.25) is 0 Å². The second-order valence-corrected chi connectivity index (χ2v) is 16.8. The zero-order valence-corrected chi connectivity index (χ0v) is 24.8. The molecule has 40 heavy (non-hydrogen) atoms. The van der Waals surface area contributed by atoms with Crippen LogP contribution >= 0.6 is 0 Å². The van der Waals surface area contributed by atoms with E-state index in [1.165, 1.54) is 11.0 Å². The quantitative estimate of drug-likeness (QED) is 0.314. The largest absolute Gasteiger partial charge is 0.442 e. The molecule has 2 aromatic carbocycles. The van der Waals surface area contributed by atoms with Crippen LogP contribution in [0, 0.1) is 12.7 Å². The van der Waals surface area contributed by atoms with Crippen LogP contribution in [0.25, 0.3) is 11.1 Å². The van der Waals surface area contributed by atoms with Gasteiger partial charge in [-0.25, -0.2) is 13.9 Å². The first-order chi connectivity index (χ1) is 18.9. The van der Waals surface area contributed by atoms with Gasteiger partial charge in [0.1, 0.15) is 11.9 Å². The summed E-state index contributed by atoms with van der Waals surface area (Å²) >= 11 is 0. The summed E-state index contributed by atoms with van der Waals surface area (Å²) in [5, 5.41) is 12.4. The van der Waals surface area contributed by atoms with Gasteiger partial charge in [0, 0.05) is 18.2 Å². The van der Waals surface area contributed by atoms with Crippen molar-refractivity contribution in [3.8, 4) is 11.1 Å². The Kier molecular flexibility index (Phi) is 7.53. The Morgan fingerprint density at radius 2 is 1.82 bits per heavy atom. The maximum Gasteiger partial charge on any atom is 0.414 e. The van der Waals surface area contributed by atoms with Gasteiger partial charge in [0.05, 0.1) is 36.8 Å². The van der Waals surface area contributed by atoms with Crippen molar-refractivity contribution in [2.45, 2.75) is 71.0 Å². The first-order valence-electron chi connectivity index (χ1n) is 13.5. The lowest BCUT2D eigenvalue weighted by Gasteiger charge is -2.36. The molecule has 2 aliphatic heterocycles. The predicted molar refractivity (Wildman–Crippen MR) is 153 cm³/mol. The third-order valence-electron chi connectivity index (χ3n) is 7.88. The number of carbonyl (C=O) groups excluding carboxylic acids is 1. The minimum Gasteiger partial charge on any atom is -0.442 e. The molecule has 3 aromatic rings. The number of amides is 1. The SMILES string of the molecule is Cc1cn(CC2CC(c3ccc(-c4ccc(N5C[C@H](CO[Si](C)(C)C(C)(C)C)OC5=O)cc4F)cc3)=NO2)nn1. The normalized spacial score (nSPS) is 19.5. The molecule has 9 nitrogen and oxygen atoms in total. The van der Waals surface area contributed by atoms with E-state index >= 15 is 4.39 Å². The van der Waals surface area contributed by atoms with E-state index in [1.54, 1.807) is 16.8 Å². The summed E-state index contributed by atoms with van der Waals surface area (Å²) < 4.78 is 28.8. The third-order valence-corrected chi connectivity index (χ3v) is 12.4. The predicted octanol–water partition coefficient (Wildman–Crippen LogP) is 5.93. The Labute approximate surface area is 235 Å². The molecule has 11 heteroatoms. The number of aryl methyl sites for hydroxylation is 1. The highest BCUT2D eigenvalue weighted by Crippen LogP contribution is 2.37. The van der Waals surface area contributed by atoms with Gasteiger partial charge in [-0.1, -0.05) is 55.4 Å². The van der Waals surface area contributed by atoms with Crippen LogP contribution in [-0.4, -0.2) is 60.5 Å². The number of anilines is 1. The molecule has 0 saturated carbocycles. The maximum absolute atomic E-state index is 15.3. The highest BCUT2D eigenvalue weighted by molar-refractivity contribution is 6.74. The van der Waals surface area contributed by atoms with E-state index in [9.17, 15) is 4.79 Å². The highest BCUT2D eigenvalue weighted by atomic mass is 28.4. The molecule has 1 saturated heterocycles. The van der Waals surface area contributed by atoms with Gasteiger partial charge in [0.15, 0.2) is 14.4 Å². The summed E-state index contributed by atoms with van der Waals surface area (Å²) in [5.74, 6) is -0.413. The van der Waals surface area contributed by atoms with E-state index in [2.05, 4.69) is 49.3 Å². The van der Waals surface area contributed by atoms with E-state index in [-0.39, 0.29) is 17.2 Å². The lowest BCUT2D eigenvalue weighted by Crippen LogP contribution is -2.43. The molecule has 3 heterocycles. The Balaban J connectivity index is 1.20. The molecule has 0 radical (unpaired) electrons. The number of carbonyl (C=O) groups is 1. The van der Waals surface area contributed by atoms with E-state index < -0.39 is 20.2 Å². The average molecular weight is 566 g/mol. The lowest BCUT2D eigenvalue weighted by molar-refractivity contribution is 0.0693. The van der Waals surface area contributed by atoms with Gasteiger partial charge in [-0.3, -0.25) is 4.90 Å². The molecule has 0 bridgehead atoms. The molecule has 0 aliphatic carbocycles. The van der Waals surface area contributed by atoms with Gasteiger partial charge in [-0.2, -0.15) is 0 Å². The van der Waals surface area contributed by atoms with E-state index in [0.717, 1.165) is 22.5 Å². The summed E-state index contributed by atoms with van der Waals surface area (Å²) in [4.78, 5) is 19.6. The summed E-state index contributed by atoms with van der Waals surface area (Å²) in [6.45, 7) is 13.9. The third kappa shape index (κ3) is 5.95. The Morgan fingerprint density at radius 3 is 2.48 bits per heavy atom. The Morgan fingerprint density at radius 1 is 1.10 bits per heavy atom. The standard InChI is InChI=1S/C29H36FN5O4Si/c1-19-15-34(33-31-19)16-23-14-27(32-39-23)21-9-7-20(8-10-21)25-12-11-22(13-26(25)30)35-17-24(38-28(35)36)18-37-40(5,6)29(2,3)4/h7-13,15,23-24H,14,16-18H2,1-6H3/t23?,24-/m1/s1. The number of aromatic nitrogens is 3. The van der Waals surface area contributed by atoms with E-state index in [0.29, 0.717) is 37.4 Å². The number of halogens is 1. The Bertz CT molecular complexity index is 1420. The smallest absolute Gasteiger partial charge is 0.414 e. The van der Waals surface area contributed by atoms with Crippen molar-refractivity contribution in [1.29, 1.82) is 0 Å². The van der Waals surface area contributed by atoms with Crippen molar-refractivity contribution >= 4 is 25.8 Å². The fourth-order valence-electron chi connectivity index (χ4n) is 4.48. The number of hydrogen-bond donors (Lipinski definition) is 0. The van der Waals surface area contributed by atoms with Gasteiger partial charge >= 0.3 is 6.09 Å². The van der Waals surface area contributed by atoms with Crippen LogP contribution in [0.2, 0.25) is 18.1 Å². The van der Waals surface area contributed by atoms with Crippen LogP contribution in [0.15, 0.2) is 53.8 Å². The van der Waals surface area contributed by atoms with Crippen LogP contribution in [0.1, 0.15) is 38.4 Å². The van der Waals surface area contributed by atoms with Crippen molar-refractivity contribution in [2.75, 3.05) is 18.1 Å². The molecule has 5 rings (SSSR count). The number of nitrogens with zero attached hydrogens (tertiary/aromatic N) is 5. The number of benzene rings is 2. The molecule has 1 fully saturated rings. The van der Waals surface area contributed by atoms with Crippen molar-refractivity contribution in [3.05, 3.63) is 65.7 Å². The van der Waals surface area contributed by atoms with Crippen molar-refractivity contribution in [1.82, 2.24) is 15.0 Å². The maximum atomic E-state index is 15.3. The molecule has 2 aliphatic rings. The second-order valence-electron chi connectivity index (χ2n) is 12.0. The molecule has 1 aromatic heterocycles. The number of ether oxygens (including phenoxy) is 1. The molecule has 2 atom stereocenters. The van der Waals surface area contributed by atoms with E-state index in [4.69, 9.17) is 14.0 Å². The highest BCUT2D eigenvalue weighted by Gasteiger charge is 2.40. The molecule has 1 amide bonds. The molecule has 0 spiro atoms. The van der Waals surface area contributed by atoms with E-state index in [1.807, 2.05) is 37.4 Å².